The van der Waals surface area contributed by atoms with Crippen molar-refractivity contribution in [2.45, 2.75) is 25.2 Å². The van der Waals surface area contributed by atoms with Gasteiger partial charge in [-0.15, -0.1) is 11.3 Å². The second-order valence-electron chi connectivity index (χ2n) is 4.49. The van der Waals surface area contributed by atoms with Crippen molar-refractivity contribution in [3.05, 3.63) is 27.4 Å². The van der Waals surface area contributed by atoms with Crippen molar-refractivity contribution in [2.75, 3.05) is 13.6 Å². The lowest BCUT2D eigenvalue weighted by molar-refractivity contribution is 0.523. The van der Waals surface area contributed by atoms with E-state index in [1.165, 1.54) is 40.4 Å². The first kappa shape index (κ1) is 11.4. The van der Waals surface area contributed by atoms with Crippen LogP contribution >= 0.6 is 22.7 Å². The number of rotatable bonds is 3. The van der Waals surface area contributed by atoms with Gasteiger partial charge in [-0.25, -0.2) is 4.98 Å². The molecule has 0 aliphatic heterocycles. The minimum absolute atomic E-state index is 0.618. The van der Waals surface area contributed by atoms with Crippen LogP contribution in [-0.2, 0) is 6.42 Å². The molecule has 90 valence electrons. The molecule has 0 fully saturated rings. The lowest BCUT2D eigenvalue weighted by atomic mass is 9.91. The lowest BCUT2D eigenvalue weighted by Crippen LogP contribution is -2.20. The van der Waals surface area contributed by atoms with E-state index in [2.05, 4.69) is 22.1 Å². The van der Waals surface area contributed by atoms with Crippen LogP contribution in [-0.4, -0.2) is 18.6 Å². The summed E-state index contributed by atoms with van der Waals surface area (Å²) < 4.78 is 0. The molecule has 3 rings (SSSR count). The Bertz CT molecular complexity index is 487. The molecule has 0 saturated heterocycles. The van der Waals surface area contributed by atoms with E-state index >= 15 is 0 Å². The molecular formula is C13H16N2S2. The summed E-state index contributed by atoms with van der Waals surface area (Å²) in [7, 11) is 2.03. The van der Waals surface area contributed by atoms with Crippen LogP contribution < -0.4 is 5.32 Å². The average molecular weight is 264 g/mol. The van der Waals surface area contributed by atoms with Crippen molar-refractivity contribution in [3.63, 3.8) is 0 Å². The Morgan fingerprint density at radius 1 is 1.53 bits per heavy atom. The van der Waals surface area contributed by atoms with E-state index in [0.29, 0.717) is 5.92 Å². The highest BCUT2D eigenvalue weighted by atomic mass is 32.1. The molecule has 1 N–H and O–H groups in total. The number of aryl methyl sites for hydroxylation is 1. The summed E-state index contributed by atoms with van der Waals surface area (Å²) in [6.45, 7) is 1.06. The van der Waals surface area contributed by atoms with Crippen LogP contribution in [0.25, 0.3) is 10.6 Å². The van der Waals surface area contributed by atoms with E-state index in [1.807, 2.05) is 18.4 Å². The predicted molar refractivity (Wildman–Crippen MR) is 75.0 cm³/mol. The Balaban J connectivity index is 1.96. The Hall–Kier alpha value is -0.710. The number of nitrogens with one attached hydrogen (secondary N) is 1. The Morgan fingerprint density at radius 2 is 2.47 bits per heavy atom. The topological polar surface area (TPSA) is 24.9 Å². The summed E-state index contributed by atoms with van der Waals surface area (Å²) in [5.41, 5.74) is 2.65. The molecule has 1 unspecified atom stereocenters. The third-order valence-corrected chi connectivity index (χ3v) is 5.15. The second kappa shape index (κ2) is 4.88. The predicted octanol–water partition coefficient (Wildman–Crippen LogP) is 3.51. The SMILES string of the molecule is CNCC1CCCc2sc(-c3ccsc3)nc21. The monoisotopic (exact) mass is 264 g/mol. The van der Waals surface area contributed by atoms with E-state index in [0.717, 1.165) is 6.54 Å². The number of hydrogen-bond donors (Lipinski definition) is 1. The fourth-order valence-electron chi connectivity index (χ4n) is 2.46. The third-order valence-electron chi connectivity index (χ3n) is 3.29. The highest BCUT2D eigenvalue weighted by Gasteiger charge is 2.24. The van der Waals surface area contributed by atoms with Crippen LogP contribution in [0.15, 0.2) is 16.8 Å². The van der Waals surface area contributed by atoms with E-state index in [-0.39, 0.29) is 0 Å². The zero-order valence-electron chi connectivity index (χ0n) is 9.90. The summed E-state index contributed by atoms with van der Waals surface area (Å²) in [4.78, 5) is 6.39. The summed E-state index contributed by atoms with van der Waals surface area (Å²) in [6.07, 6.45) is 3.81. The summed E-state index contributed by atoms with van der Waals surface area (Å²) in [5, 5.41) is 8.81. The van der Waals surface area contributed by atoms with Crippen LogP contribution in [0.1, 0.15) is 29.3 Å². The second-order valence-corrected chi connectivity index (χ2v) is 6.35. The first-order valence-electron chi connectivity index (χ1n) is 6.05. The van der Waals surface area contributed by atoms with Gasteiger partial charge in [-0.2, -0.15) is 11.3 Å². The van der Waals surface area contributed by atoms with Crippen molar-refractivity contribution < 1.29 is 0 Å². The molecule has 2 nitrogen and oxygen atoms in total. The number of aromatic nitrogens is 1. The van der Waals surface area contributed by atoms with Gasteiger partial charge >= 0.3 is 0 Å². The van der Waals surface area contributed by atoms with Crippen LogP contribution in [0.5, 0.6) is 0 Å². The molecule has 2 aromatic heterocycles. The number of thiazole rings is 1. The van der Waals surface area contributed by atoms with Gasteiger partial charge in [0.2, 0.25) is 0 Å². The first-order valence-corrected chi connectivity index (χ1v) is 7.81. The molecule has 4 heteroatoms. The normalized spacial score (nSPS) is 19.2. The molecular weight excluding hydrogens is 248 g/mol. The van der Waals surface area contributed by atoms with Crippen LogP contribution in [0.4, 0.5) is 0 Å². The van der Waals surface area contributed by atoms with Gasteiger partial charge in [0.05, 0.1) is 5.69 Å². The summed E-state index contributed by atoms with van der Waals surface area (Å²) >= 11 is 3.64. The van der Waals surface area contributed by atoms with Crippen molar-refractivity contribution >= 4 is 22.7 Å². The van der Waals surface area contributed by atoms with Crippen molar-refractivity contribution in [1.82, 2.24) is 10.3 Å². The largest absolute Gasteiger partial charge is 0.319 e. The highest BCUT2D eigenvalue weighted by molar-refractivity contribution is 7.15. The van der Waals surface area contributed by atoms with Gasteiger partial charge in [-0.1, -0.05) is 0 Å². The van der Waals surface area contributed by atoms with Gasteiger partial charge in [-0.3, -0.25) is 0 Å². The van der Waals surface area contributed by atoms with Crippen molar-refractivity contribution in [1.29, 1.82) is 0 Å². The van der Waals surface area contributed by atoms with Gasteiger partial charge < -0.3 is 5.32 Å². The third kappa shape index (κ3) is 2.17. The molecule has 0 saturated carbocycles. The molecule has 0 amide bonds. The van der Waals surface area contributed by atoms with E-state index in [4.69, 9.17) is 4.98 Å². The molecule has 0 spiro atoms. The zero-order chi connectivity index (χ0) is 11.7. The van der Waals surface area contributed by atoms with Gasteiger partial charge in [0.25, 0.3) is 0 Å². The smallest absolute Gasteiger partial charge is 0.124 e. The Morgan fingerprint density at radius 3 is 3.24 bits per heavy atom. The van der Waals surface area contributed by atoms with Crippen molar-refractivity contribution in [2.24, 2.45) is 0 Å². The van der Waals surface area contributed by atoms with Crippen LogP contribution in [0, 0.1) is 0 Å². The molecule has 2 aromatic rings. The molecule has 17 heavy (non-hydrogen) atoms. The Labute approximate surface area is 110 Å². The molecule has 1 aliphatic rings. The van der Waals surface area contributed by atoms with Crippen molar-refractivity contribution in [3.8, 4) is 10.6 Å². The first-order chi connectivity index (χ1) is 8.38. The van der Waals surface area contributed by atoms with E-state index in [9.17, 15) is 0 Å². The molecule has 1 aliphatic carbocycles. The zero-order valence-corrected chi connectivity index (χ0v) is 11.5. The number of hydrogen-bond acceptors (Lipinski definition) is 4. The van der Waals surface area contributed by atoms with E-state index in [1.54, 1.807) is 11.3 Å². The standard InChI is InChI=1S/C13H16N2S2/c1-14-7-9-3-2-4-11-12(9)15-13(17-11)10-5-6-16-8-10/h5-6,8-9,14H,2-4,7H2,1H3. The quantitative estimate of drug-likeness (QED) is 0.917. The van der Waals surface area contributed by atoms with Gasteiger partial charge in [0.1, 0.15) is 5.01 Å². The fourth-order valence-corrected chi connectivity index (χ4v) is 4.36. The number of nitrogens with zero attached hydrogens (tertiary/aromatic N) is 1. The van der Waals surface area contributed by atoms with Crippen LogP contribution in [0.2, 0.25) is 0 Å². The minimum atomic E-state index is 0.618. The molecule has 0 aromatic carbocycles. The maximum atomic E-state index is 4.88. The fraction of sp³-hybridized carbons (Fsp3) is 0.462. The lowest BCUT2D eigenvalue weighted by Gasteiger charge is -2.20. The average Bonchev–Trinajstić information content (AvgIpc) is 2.98. The molecule has 0 bridgehead atoms. The molecule has 1 atom stereocenters. The van der Waals surface area contributed by atoms with Gasteiger partial charge in [0, 0.05) is 28.3 Å². The number of thiophene rings is 1. The number of fused-ring (bicyclic) bond motifs is 1. The molecule has 2 heterocycles. The Kier molecular flexibility index (Phi) is 3.27. The summed E-state index contributed by atoms with van der Waals surface area (Å²) in [6, 6.07) is 2.17. The van der Waals surface area contributed by atoms with E-state index < -0.39 is 0 Å². The van der Waals surface area contributed by atoms with Gasteiger partial charge in [-0.05, 0) is 37.8 Å². The summed E-state index contributed by atoms with van der Waals surface area (Å²) in [5.74, 6) is 0.618. The maximum absolute atomic E-state index is 4.88. The van der Waals surface area contributed by atoms with Crippen LogP contribution in [0.3, 0.4) is 0 Å². The minimum Gasteiger partial charge on any atom is -0.319 e. The highest BCUT2D eigenvalue weighted by Crippen LogP contribution is 2.38. The molecule has 0 radical (unpaired) electrons. The maximum Gasteiger partial charge on any atom is 0.124 e. The van der Waals surface area contributed by atoms with Gasteiger partial charge in [0.15, 0.2) is 0 Å². The number of likely N-dealkylation sites (N-methyl/N-ethyl adjacent to an activating group) is 1.